The van der Waals surface area contributed by atoms with E-state index in [2.05, 4.69) is 0 Å². The summed E-state index contributed by atoms with van der Waals surface area (Å²) in [5, 5.41) is 0. The summed E-state index contributed by atoms with van der Waals surface area (Å²) in [5.74, 6) is -0.627. The topological polar surface area (TPSA) is 63.7 Å². The summed E-state index contributed by atoms with van der Waals surface area (Å²) in [6.07, 6.45) is -5.22. The lowest BCUT2D eigenvalue weighted by Crippen LogP contribution is -2.40. The Morgan fingerprint density at radius 1 is 1.27 bits per heavy atom. The van der Waals surface area contributed by atoms with Crippen LogP contribution >= 0.6 is 0 Å². The first-order valence-corrected chi connectivity index (χ1v) is 7.98. The molecule has 2 rings (SSSR count). The largest absolute Gasteiger partial charge is 0.416 e. The quantitative estimate of drug-likeness (QED) is 0.846. The van der Waals surface area contributed by atoms with Crippen LogP contribution in [0, 0.1) is 0 Å². The fourth-order valence-electron chi connectivity index (χ4n) is 2.20. The van der Waals surface area contributed by atoms with E-state index in [9.17, 15) is 26.4 Å². The van der Waals surface area contributed by atoms with Gasteiger partial charge in [0.15, 0.2) is 0 Å². The number of sulfonamides is 1. The number of rotatable bonds is 4. The molecule has 1 aromatic carbocycles. The van der Waals surface area contributed by atoms with E-state index in [0.29, 0.717) is 16.4 Å². The van der Waals surface area contributed by atoms with Crippen LogP contribution in [0.3, 0.4) is 0 Å². The van der Waals surface area contributed by atoms with Gasteiger partial charge >= 0.3 is 6.18 Å². The smallest absolute Gasteiger partial charge is 0.357 e. The predicted octanol–water partition coefficient (Wildman–Crippen LogP) is 2.38. The van der Waals surface area contributed by atoms with Crippen LogP contribution in [-0.4, -0.2) is 31.5 Å². The van der Waals surface area contributed by atoms with E-state index in [1.165, 1.54) is 0 Å². The van der Waals surface area contributed by atoms with Gasteiger partial charge < -0.3 is 4.74 Å². The lowest BCUT2D eigenvalue weighted by molar-refractivity contribution is -0.137. The Morgan fingerprint density at radius 2 is 1.86 bits per heavy atom. The first-order valence-electron chi connectivity index (χ1n) is 6.54. The highest BCUT2D eigenvalue weighted by atomic mass is 32.2. The molecular weight excluding hydrogens is 323 g/mol. The van der Waals surface area contributed by atoms with Gasteiger partial charge in [0, 0.05) is 19.4 Å². The normalized spacial score (nSPS) is 19.7. The molecule has 5 nitrogen and oxygen atoms in total. The number of benzene rings is 1. The second-order valence-corrected chi connectivity index (χ2v) is 6.48. The minimum Gasteiger partial charge on any atom is -0.357 e. The third-order valence-electron chi connectivity index (χ3n) is 3.21. The summed E-state index contributed by atoms with van der Waals surface area (Å²) in [5.41, 5.74) is -0.958. The number of carbonyl (C=O) groups is 1. The van der Waals surface area contributed by atoms with E-state index in [1.54, 1.807) is 6.92 Å². The van der Waals surface area contributed by atoms with E-state index in [0.717, 1.165) is 12.1 Å². The Bertz CT molecular complexity index is 655. The highest BCUT2D eigenvalue weighted by Gasteiger charge is 2.41. The average molecular weight is 337 g/mol. The van der Waals surface area contributed by atoms with Crippen molar-refractivity contribution in [2.24, 2.45) is 0 Å². The molecule has 1 amide bonds. The van der Waals surface area contributed by atoms with Crippen LogP contribution in [0.15, 0.2) is 29.2 Å². The third-order valence-corrected chi connectivity index (χ3v) is 5.03. The Balaban J connectivity index is 2.35. The zero-order valence-electron chi connectivity index (χ0n) is 11.6. The van der Waals surface area contributed by atoms with Crippen LogP contribution in [0.2, 0.25) is 0 Å². The fraction of sp³-hybridized carbons (Fsp3) is 0.462. The molecule has 1 heterocycles. The highest BCUT2D eigenvalue weighted by Crippen LogP contribution is 2.32. The molecule has 1 fully saturated rings. The fourth-order valence-corrected chi connectivity index (χ4v) is 3.74. The van der Waals surface area contributed by atoms with E-state index in [1.807, 2.05) is 0 Å². The van der Waals surface area contributed by atoms with Crippen molar-refractivity contribution >= 4 is 15.9 Å². The van der Waals surface area contributed by atoms with Crippen LogP contribution in [0.4, 0.5) is 13.2 Å². The van der Waals surface area contributed by atoms with Gasteiger partial charge in [-0.05, 0) is 31.2 Å². The van der Waals surface area contributed by atoms with Gasteiger partial charge in [0.25, 0.3) is 10.0 Å². The van der Waals surface area contributed by atoms with Crippen molar-refractivity contribution in [3.05, 3.63) is 29.8 Å². The summed E-state index contributed by atoms with van der Waals surface area (Å²) in [4.78, 5) is 11.4. The van der Waals surface area contributed by atoms with Crippen LogP contribution in [0.25, 0.3) is 0 Å². The van der Waals surface area contributed by atoms with Crippen molar-refractivity contribution in [1.29, 1.82) is 0 Å². The van der Waals surface area contributed by atoms with Gasteiger partial charge in [0.05, 0.1) is 10.5 Å². The Labute approximate surface area is 125 Å². The Morgan fingerprint density at radius 3 is 2.36 bits per heavy atom. The first-order chi connectivity index (χ1) is 10.2. The number of hydrogen-bond acceptors (Lipinski definition) is 4. The number of hydrogen-bond donors (Lipinski definition) is 0. The zero-order valence-corrected chi connectivity index (χ0v) is 12.4. The van der Waals surface area contributed by atoms with E-state index >= 15 is 0 Å². The second kappa shape index (κ2) is 5.88. The molecule has 1 aliphatic heterocycles. The molecule has 0 N–H and O–H groups in total. The van der Waals surface area contributed by atoms with Crippen molar-refractivity contribution in [2.75, 3.05) is 6.61 Å². The maximum atomic E-state index is 12.5. The van der Waals surface area contributed by atoms with Crippen molar-refractivity contribution in [3.8, 4) is 0 Å². The van der Waals surface area contributed by atoms with Gasteiger partial charge in [0.1, 0.15) is 6.23 Å². The molecule has 9 heteroatoms. The number of halogens is 3. The predicted molar refractivity (Wildman–Crippen MR) is 70.1 cm³/mol. The lowest BCUT2D eigenvalue weighted by atomic mass is 10.2. The van der Waals surface area contributed by atoms with Crippen molar-refractivity contribution in [2.45, 2.75) is 37.1 Å². The van der Waals surface area contributed by atoms with E-state index in [-0.39, 0.29) is 24.3 Å². The lowest BCUT2D eigenvalue weighted by Gasteiger charge is -2.24. The molecule has 1 saturated heterocycles. The minimum atomic E-state index is -4.56. The molecule has 122 valence electrons. The standard InChI is InChI=1S/C13H14F3NO4S/c1-2-21-12-8-7-11(18)17(12)22(19,20)10-5-3-9(4-6-10)13(14,15)16/h3-6,12H,2,7-8H2,1H3. The summed E-state index contributed by atoms with van der Waals surface area (Å²) in [6, 6.07) is 3.02. The summed E-state index contributed by atoms with van der Waals surface area (Å²) in [7, 11) is -4.23. The highest BCUT2D eigenvalue weighted by molar-refractivity contribution is 7.89. The zero-order chi connectivity index (χ0) is 16.5. The summed E-state index contributed by atoms with van der Waals surface area (Å²) < 4.78 is 68.2. The van der Waals surface area contributed by atoms with Gasteiger partial charge in [-0.2, -0.15) is 13.2 Å². The monoisotopic (exact) mass is 337 g/mol. The number of nitrogens with zero attached hydrogens (tertiary/aromatic N) is 1. The molecule has 1 unspecified atom stereocenters. The molecule has 1 aliphatic rings. The van der Waals surface area contributed by atoms with Gasteiger partial charge in [-0.1, -0.05) is 0 Å². The number of alkyl halides is 3. The molecular formula is C13H14F3NO4S. The molecule has 1 aromatic rings. The van der Waals surface area contributed by atoms with Crippen molar-refractivity contribution in [3.63, 3.8) is 0 Å². The molecule has 1 atom stereocenters. The second-order valence-electron chi connectivity index (χ2n) is 4.67. The molecule has 0 aromatic heterocycles. The number of amides is 1. The number of carbonyl (C=O) groups excluding carboxylic acids is 1. The van der Waals surface area contributed by atoms with Gasteiger partial charge in [-0.3, -0.25) is 4.79 Å². The SMILES string of the molecule is CCOC1CCC(=O)N1S(=O)(=O)c1ccc(C(F)(F)F)cc1. The molecule has 0 bridgehead atoms. The maximum Gasteiger partial charge on any atom is 0.416 e. The van der Waals surface area contributed by atoms with Crippen LogP contribution in [0.5, 0.6) is 0 Å². The molecule has 0 saturated carbocycles. The Hall–Kier alpha value is -1.61. The molecule has 22 heavy (non-hydrogen) atoms. The Kier molecular flexibility index (Phi) is 4.48. The molecule has 0 spiro atoms. The third kappa shape index (κ3) is 3.09. The van der Waals surface area contributed by atoms with Gasteiger partial charge in [0.2, 0.25) is 5.91 Å². The van der Waals surface area contributed by atoms with Crippen molar-refractivity contribution in [1.82, 2.24) is 4.31 Å². The maximum absolute atomic E-state index is 12.5. The average Bonchev–Trinajstić information content (AvgIpc) is 2.80. The minimum absolute atomic E-state index is 0.0184. The summed E-state index contributed by atoms with van der Waals surface area (Å²) in [6.45, 7) is 1.88. The summed E-state index contributed by atoms with van der Waals surface area (Å²) >= 11 is 0. The van der Waals surface area contributed by atoms with Crippen LogP contribution in [-0.2, 0) is 25.7 Å². The first kappa shape index (κ1) is 16.8. The van der Waals surface area contributed by atoms with E-state index in [4.69, 9.17) is 4.74 Å². The van der Waals surface area contributed by atoms with Gasteiger partial charge in [-0.25, -0.2) is 12.7 Å². The van der Waals surface area contributed by atoms with Crippen molar-refractivity contribution < 1.29 is 31.1 Å². The van der Waals surface area contributed by atoms with E-state index < -0.39 is 33.9 Å². The molecule has 0 radical (unpaired) electrons. The van der Waals surface area contributed by atoms with Crippen LogP contribution < -0.4 is 0 Å². The van der Waals surface area contributed by atoms with Crippen LogP contribution in [0.1, 0.15) is 25.3 Å². The van der Waals surface area contributed by atoms with Gasteiger partial charge in [-0.15, -0.1) is 0 Å². The number of ether oxygens (including phenoxy) is 1. The molecule has 0 aliphatic carbocycles.